The molecule has 0 bridgehead atoms. The van der Waals surface area contributed by atoms with Crippen LogP contribution in [0, 0.1) is 6.92 Å². The van der Waals surface area contributed by atoms with Crippen molar-refractivity contribution in [3.63, 3.8) is 0 Å². The number of benzene rings is 1. The Morgan fingerprint density at radius 3 is 2.72 bits per heavy atom. The van der Waals surface area contributed by atoms with E-state index in [1.807, 2.05) is 25.1 Å². The van der Waals surface area contributed by atoms with E-state index in [2.05, 4.69) is 0 Å². The second-order valence-corrected chi connectivity index (χ2v) is 5.13. The molecule has 0 amide bonds. The van der Waals surface area contributed by atoms with Crippen LogP contribution in [0.15, 0.2) is 18.2 Å². The van der Waals surface area contributed by atoms with Gasteiger partial charge >= 0.3 is 5.97 Å². The minimum atomic E-state index is -0.155. The summed E-state index contributed by atoms with van der Waals surface area (Å²) < 4.78 is 5.49. The predicted molar refractivity (Wildman–Crippen MR) is 72.3 cm³/mol. The number of carbonyl (C=O) groups is 1. The van der Waals surface area contributed by atoms with Crippen LogP contribution in [-0.2, 0) is 16.0 Å². The van der Waals surface area contributed by atoms with Crippen LogP contribution < -0.4 is 5.73 Å². The molecule has 0 spiro atoms. The van der Waals surface area contributed by atoms with Gasteiger partial charge in [0.05, 0.1) is 6.42 Å². The molecule has 98 valence electrons. The fraction of sp³-hybridized carbons (Fsp3) is 0.533. The molecule has 1 aromatic carbocycles. The van der Waals surface area contributed by atoms with Gasteiger partial charge in [-0.3, -0.25) is 4.79 Å². The molecule has 2 N–H and O–H groups in total. The summed E-state index contributed by atoms with van der Waals surface area (Å²) in [6.45, 7) is 1.99. The molecule has 0 aromatic heterocycles. The molecule has 2 rings (SSSR count). The van der Waals surface area contributed by atoms with E-state index in [0.29, 0.717) is 5.69 Å². The molecule has 0 radical (unpaired) electrons. The summed E-state index contributed by atoms with van der Waals surface area (Å²) in [5, 5.41) is 0. The Kier molecular flexibility index (Phi) is 4.24. The first-order valence-electron chi connectivity index (χ1n) is 6.69. The number of aryl methyl sites for hydroxylation is 1. The highest BCUT2D eigenvalue weighted by Gasteiger charge is 2.18. The first-order valence-corrected chi connectivity index (χ1v) is 6.69. The van der Waals surface area contributed by atoms with Crippen LogP contribution in [0.2, 0.25) is 0 Å². The van der Waals surface area contributed by atoms with Crippen molar-refractivity contribution in [2.75, 3.05) is 5.73 Å². The summed E-state index contributed by atoms with van der Waals surface area (Å²) in [5.41, 5.74) is 8.54. The largest absolute Gasteiger partial charge is 0.462 e. The third-order valence-corrected chi connectivity index (χ3v) is 3.49. The zero-order valence-corrected chi connectivity index (χ0v) is 10.9. The van der Waals surface area contributed by atoms with E-state index >= 15 is 0 Å². The number of ether oxygens (including phenoxy) is 1. The van der Waals surface area contributed by atoms with Crippen molar-refractivity contribution < 1.29 is 9.53 Å². The smallest absolute Gasteiger partial charge is 0.310 e. The molecule has 0 heterocycles. The molecular weight excluding hydrogens is 226 g/mol. The first-order chi connectivity index (χ1) is 8.65. The molecule has 1 fully saturated rings. The molecule has 1 aliphatic rings. The normalized spacial score (nSPS) is 16.5. The maximum Gasteiger partial charge on any atom is 0.310 e. The van der Waals surface area contributed by atoms with Crippen LogP contribution in [0.5, 0.6) is 0 Å². The highest BCUT2D eigenvalue weighted by molar-refractivity contribution is 5.75. The monoisotopic (exact) mass is 247 g/mol. The third-order valence-electron chi connectivity index (χ3n) is 3.49. The lowest BCUT2D eigenvalue weighted by atomic mass is 9.98. The second-order valence-electron chi connectivity index (χ2n) is 5.13. The van der Waals surface area contributed by atoms with E-state index < -0.39 is 0 Å². The minimum absolute atomic E-state index is 0.123. The Morgan fingerprint density at radius 1 is 1.33 bits per heavy atom. The summed E-state index contributed by atoms with van der Waals surface area (Å²) >= 11 is 0. The van der Waals surface area contributed by atoms with Gasteiger partial charge in [0, 0.05) is 5.69 Å². The molecule has 1 saturated carbocycles. The van der Waals surface area contributed by atoms with Gasteiger partial charge in [0.15, 0.2) is 0 Å². The van der Waals surface area contributed by atoms with Crippen molar-refractivity contribution in [3.05, 3.63) is 29.3 Å². The molecule has 1 aliphatic carbocycles. The van der Waals surface area contributed by atoms with Gasteiger partial charge in [-0.15, -0.1) is 0 Å². The van der Waals surface area contributed by atoms with E-state index in [1.165, 1.54) is 19.3 Å². The second kappa shape index (κ2) is 5.89. The molecule has 0 atom stereocenters. The van der Waals surface area contributed by atoms with Gasteiger partial charge in [0.25, 0.3) is 0 Å². The van der Waals surface area contributed by atoms with Gasteiger partial charge in [0.2, 0.25) is 0 Å². The molecular formula is C15H21NO2. The Bertz CT molecular complexity index is 423. The Labute approximate surface area is 108 Å². The zero-order chi connectivity index (χ0) is 13.0. The predicted octanol–water partition coefficient (Wildman–Crippen LogP) is 3.00. The molecule has 3 heteroatoms. The first kappa shape index (κ1) is 12.9. The topological polar surface area (TPSA) is 52.3 Å². The number of rotatable bonds is 3. The van der Waals surface area contributed by atoms with Crippen LogP contribution >= 0.6 is 0 Å². The average Bonchev–Trinajstić information content (AvgIpc) is 2.34. The highest BCUT2D eigenvalue weighted by atomic mass is 16.5. The number of hydrogen-bond acceptors (Lipinski definition) is 3. The van der Waals surface area contributed by atoms with E-state index in [-0.39, 0.29) is 18.5 Å². The average molecular weight is 247 g/mol. The molecule has 0 saturated heterocycles. The van der Waals surface area contributed by atoms with Gasteiger partial charge in [0.1, 0.15) is 6.10 Å². The molecule has 0 unspecified atom stereocenters. The molecule has 0 aliphatic heterocycles. The number of esters is 1. The summed E-state index contributed by atoms with van der Waals surface area (Å²) in [7, 11) is 0. The standard InChI is InChI=1S/C15H21NO2/c1-11-7-8-12(14(16)9-11)10-15(17)18-13-5-3-2-4-6-13/h7-9,13H,2-6,10,16H2,1H3. The SMILES string of the molecule is Cc1ccc(CC(=O)OC2CCCCC2)c(N)c1. The van der Waals surface area contributed by atoms with E-state index in [9.17, 15) is 4.79 Å². The van der Waals surface area contributed by atoms with Crippen LogP contribution in [0.1, 0.15) is 43.2 Å². The van der Waals surface area contributed by atoms with Crippen molar-refractivity contribution >= 4 is 11.7 Å². The Morgan fingerprint density at radius 2 is 2.06 bits per heavy atom. The van der Waals surface area contributed by atoms with Crippen molar-refractivity contribution in [1.29, 1.82) is 0 Å². The maximum atomic E-state index is 11.8. The van der Waals surface area contributed by atoms with Crippen molar-refractivity contribution in [1.82, 2.24) is 0 Å². The number of nitrogens with two attached hydrogens (primary N) is 1. The third kappa shape index (κ3) is 3.49. The number of carbonyl (C=O) groups excluding carboxylic acids is 1. The summed E-state index contributed by atoms with van der Waals surface area (Å²) in [6, 6.07) is 5.77. The van der Waals surface area contributed by atoms with Crippen LogP contribution in [0.3, 0.4) is 0 Å². The quantitative estimate of drug-likeness (QED) is 0.660. The van der Waals surface area contributed by atoms with Gasteiger partial charge < -0.3 is 10.5 Å². The van der Waals surface area contributed by atoms with Gasteiger partial charge in [-0.25, -0.2) is 0 Å². The fourth-order valence-corrected chi connectivity index (χ4v) is 2.44. The number of hydrogen-bond donors (Lipinski definition) is 1. The summed E-state index contributed by atoms with van der Waals surface area (Å²) in [4.78, 5) is 11.8. The fourth-order valence-electron chi connectivity index (χ4n) is 2.44. The number of nitrogen functional groups attached to an aromatic ring is 1. The highest BCUT2D eigenvalue weighted by Crippen LogP contribution is 2.21. The van der Waals surface area contributed by atoms with Gasteiger partial charge in [-0.1, -0.05) is 18.6 Å². The molecule has 1 aromatic rings. The lowest BCUT2D eigenvalue weighted by Crippen LogP contribution is -2.22. The Hall–Kier alpha value is -1.51. The Balaban J connectivity index is 1.90. The summed E-state index contributed by atoms with van der Waals surface area (Å²) in [5.74, 6) is -0.155. The zero-order valence-electron chi connectivity index (χ0n) is 10.9. The van der Waals surface area contributed by atoms with Crippen molar-refractivity contribution in [3.8, 4) is 0 Å². The van der Waals surface area contributed by atoms with E-state index in [1.54, 1.807) is 0 Å². The molecule has 3 nitrogen and oxygen atoms in total. The minimum Gasteiger partial charge on any atom is -0.462 e. The van der Waals surface area contributed by atoms with Crippen LogP contribution in [0.25, 0.3) is 0 Å². The van der Waals surface area contributed by atoms with Crippen molar-refractivity contribution in [2.45, 2.75) is 51.6 Å². The van der Waals surface area contributed by atoms with Crippen LogP contribution in [-0.4, -0.2) is 12.1 Å². The molecule has 18 heavy (non-hydrogen) atoms. The van der Waals surface area contributed by atoms with Crippen LogP contribution in [0.4, 0.5) is 5.69 Å². The van der Waals surface area contributed by atoms with E-state index in [4.69, 9.17) is 10.5 Å². The van der Waals surface area contributed by atoms with Crippen molar-refractivity contribution in [2.24, 2.45) is 0 Å². The number of anilines is 1. The summed E-state index contributed by atoms with van der Waals surface area (Å²) in [6.07, 6.45) is 6.03. The lowest BCUT2D eigenvalue weighted by molar-refractivity contribution is -0.149. The van der Waals surface area contributed by atoms with Gasteiger partial charge in [-0.2, -0.15) is 0 Å². The van der Waals surface area contributed by atoms with Gasteiger partial charge in [-0.05, 0) is 49.8 Å². The lowest BCUT2D eigenvalue weighted by Gasteiger charge is -2.21. The maximum absolute atomic E-state index is 11.8. The van der Waals surface area contributed by atoms with E-state index in [0.717, 1.165) is 24.0 Å².